The van der Waals surface area contributed by atoms with Crippen LogP contribution in [0.25, 0.3) is 6.08 Å². The number of benzene rings is 1. The molecule has 1 aromatic carbocycles. The van der Waals surface area contributed by atoms with E-state index in [0.717, 1.165) is 23.6 Å². The van der Waals surface area contributed by atoms with Gasteiger partial charge in [0, 0.05) is 6.08 Å². The normalized spacial score (nSPS) is 11.9. The molecule has 0 saturated carbocycles. The summed E-state index contributed by atoms with van der Waals surface area (Å²) in [6.45, 7) is 6.20. The molecule has 0 aliphatic rings. The van der Waals surface area contributed by atoms with Crippen molar-refractivity contribution in [3.63, 3.8) is 0 Å². The third-order valence-electron chi connectivity index (χ3n) is 3.06. The van der Waals surface area contributed by atoms with E-state index in [2.05, 4.69) is 20.8 Å². The number of phenolic OH excluding ortho intramolecular Hbond substituents is 1. The van der Waals surface area contributed by atoms with E-state index >= 15 is 0 Å². The molecule has 0 bridgehead atoms. The van der Waals surface area contributed by atoms with Crippen LogP contribution in [0.3, 0.4) is 0 Å². The van der Waals surface area contributed by atoms with E-state index in [1.54, 1.807) is 24.3 Å². The predicted octanol–water partition coefficient (Wildman–Crippen LogP) is 3.18. The Labute approximate surface area is 101 Å². The Kier molecular flexibility index (Phi) is 3.94. The van der Waals surface area contributed by atoms with Crippen molar-refractivity contribution >= 4 is 12.0 Å². The molecule has 0 fully saturated rings. The van der Waals surface area contributed by atoms with E-state index in [1.165, 1.54) is 0 Å². The molecule has 1 rings (SSSR count). The van der Waals surface area contributed by atoms with Gasteiger partial charge in [-0.05, 0) is 41.2 Å². The first kappa shape index (κ1) is 13.3. The summed E-state index contributed by atoms with van der Waals surface area (Å²) >= 11 is 0. The van der Waals surface area contributed by atoms with Gasteiger partial charge in [0.15, 0.2) is 0 Å². The maximum Gasteiger partial charge on any atom is 0.328 e. The fourth-order valence-electron chi connectivity index (χ4n) is 1.63. The lowest BCUT2D eigenvalue weighted by Gasteiger charge is -2.25. The van der Waals surface area contributed by atoms with Gasteiger partial charge < -0.3 is 10.2 Å². The van der Waals surface area contributed by atoms with E-state index in [4.69, 9.17) is 5.11 Å². The van der Waals surface area contributed by atoms with Gasteiger partial charge in [0.1, 0.15) is 5.75 Å². The Morgan fingerprint density at radius 3 is 2.59 bits per heavy atom. The predicted molar refractivity (Wildman–Crippen MR) is 68.1 cm³/mol. The molecule has 92 valence electrons. The summed E-state index contributed by atoms with van der Waals surface area (Å²) in [5.74, 6) is -0.771. The quantitative estimate of drug-likeness (QED) is 0.787. The van der Waals surface area contributed by atoms with Crippen molar-refractivity contribution in [3.05, 3.63) is 35.4 Å². The minimum absolute atomic E-state index is 0.100. The molecule has 0 radical (unpaired) electrons. The third-order valence-corrected chi connectivity index (χ3v) is 3.06. The minimum Gasteiger partial charge on any atom is -0.508 e. The molecule has 17 heavy (non-hydrogen) atoms. The van der Waals surface area contributed by atoms with Gasteiger partial charge in [0.25, 0.3) is 0 Å². The third kappa shape index (κ3) is 3.34. The summed E-state index contributed by atoms with van der Waals surface area (Å²) in [6, 6.07) is 5.00. The Bertz CT molecular complexity index is 445. The average molecular weight is 234 g/mol. The number of carboxylic acid groups (broad SMARTS) is 1. The van der Waals surface area contributed by atoms with Crippen LogP contribution in [-0.4, -0.2) is 16.2 Å². The molecule has 0 saturated heterocycles. The summed E-state index contributed by atoms with van der Waals surface area (Å²) in [4.78, 5) is 10.5. The van der Waals surface area contributed by atoms with Gasteiger partial charge in [0.2, 0.25) is 0 Å². The molecule has 1 aromatic rings. The topological polar surface area (TPSA) is 57.5 Å². The highest BCUT2D eigenvalue weighted by atomic mass is 16.4. The Morgan fingerprint density at radius 1 is 1.41 bits per heavy atom. The number of carbonyl (C=O) groups is 1. The van der Waals surface area contributed by atoms with Crippen molar-refractivity contribution in [1.29, 1.82) is 0 Å². The lowest BCUT2D eigenvalue weighted by Crippen LogP contribution is -2.16. The van der Waals surface area contributed by atoms with Crippen LogP contribution in [0.15, 0.2) is 24.3 Å². The van der Waals surface area contributed by atoms with E-state index in [9.17, 15) is 9.90 Å². The molecule has 0 unspecified atom stereocenters. The van der Waals surface area contributed by atoms with Crippen molar-refractivity contribution < 1.29 is 15.0 Å². The monoisotopic (exact) mass is 234 g/mol. The summed E-state index contributed by atoms with van der Waals surface area (Å²) in [7, 11) is 0. The molecule has 0 heterocycles. The minimum atomic E-state index is -0.974. The van der Waals surface area contributed by atoms with Crippen LogP contribution in [0.4, 0.5) is 0 Å². The number of phenols is 1. The van der Waals surface area contributed by atoms with Crippen LogP contribution >= 0.6 is 0 Å². The second-order valence-corrected chi connectivity index (χ2v) is 4.68. The number of carboxylic acids is 1. The number of rotatable bonds is 4. The zero-order valence-electron chi connectivity index (χ0n) is 10.4. The first-order chi connectivity index (χ1) is 7.86. The van der Waals surface area contributed by atoms with Crippen LogP contribution in [0.1, 0.15) is 38.3 Å². The summed E-state index contributed by atoms with van der Waals surface area (Å²) in [5, 5.41) is 18.2. The number of hydrogen-bond donors (Lipinski definition) is 2. The molecule has 0 aliphatic carbocycles. The number of hydrogen-bond acceptors (Lipinski definition) is 2. The zero-order chi connectivity index (χ0) is 13.1. The Balaban J connectivity index is 3.26. The van der Waals surface area contributed by atoms with Crippen LogP contribution < -0.4 is 0 Å². The summed E-state index contributed by atoms with van der Waals surface area (Å²) in [5.41, 5.74) is 1.69. The standard InChI is InChI=1S/C14H18O3/c1-4-14(2,3)12-9-11(15)7-5-10(12)6-8-13(16)17/h5-9,15H,4H2,1-3H3,(H,16,17)/b8-6+. The van der Waals surface area contributed by atoms with Crippen LogP contribution in [-0.2, 0) is 10.2 Å². The number of aliphatic carboxylic acids is 1. The van der Waals surface area contributed by atoms with Crippen LogP contribution in [0, 0.1) is 0 Å². The van der Waals surface area contributed by atoms with Gasteiger partial charge in [-0.1, -0.05) is 26.8 Å². The first-order valence-corrected chi connectivity index (χ1v) is 5.61. The lowest BCUT2D eigenvalue weighted by atomic mass is 9.79. The van der Waals surface area contributed by atoms with Gasteiger partial charge in [-0.2, -0.15) is 0 Å². The van der Waals surface area contributed by atoms with Gasteiger partial charge >= 0.3 is 5.97 Å². The maximum atomic E-state index is 10.5. The highest BCUT2D eigenvalue weighted by Crippen LogP contribution is 2.32. The highest BCUT2D eigenvalue weighted by Gasteiger charge is 2.21. The van der Waals surface area contributed by atoms with Gasteiger partial charge in [-0.15, -0.1) is 0 Å². The summed E-state index contributed by atoms with van der Waals surface area (Å²) in [6.07, 6.45) is 3.58. The summed E-state index contributed by atoms with van der Waals surface area (Å²) < 4.78 is 0. The lowest BCUT2D eigenvalue weighted by molar-refractivity contribution is -0.131. The van der Waals surface area contributed by atoms with Gasteiger partial charge in [-0.25, -0.2) is 4.79 Å². The van der Waals surface area contributed by atoms with Gasteiger partial charge in [0.05, 0.1) is 0 Å². The molecular formula is C14H18O3. The SMILES string of the molecule is CCC(C)(C)c1cc(O)ccc1/C=C/C(=O)O. The molecule has 0 spiro atoms. The molecule has 2 N–H and O–H groups in total. The van der Waals surface area contributed by atoms with E-state index in [1.807, 2.05) is 0 Å². The van der Waals surface area contributed by atoms with Crippen molar-refractivity contribution in [3.8, 4) is 5.75 Å². The Hall–Kier alpha value is -1.77. The van der Waals surface area contributed by atoms with E-state index < -0.39 is 5.97 Å². The molecule has 0 atom stereocenters. The maximum absolute atomic E-state index is 10.5. The first-order valence-electron chi connectivity index (χ1n) is 5.61. The molecule has 0 aliphatic heterocycles. The van der Waals surface area contributed by atoms with E-state index in [0.29, 0.717) is 0 Å². The largest absolute Gasteiger partial charge is 0.508 e. The van der Waals surface area contributed by atoms with Crippen molar-refractivity contribution in [2.24, 2.45) is 0 Å². The molecular weight excluding hydrogens is 216 g/mol. The van der Waals surface area contributed by atoms with Crippen LogP contribution in [0.2, 0.25) is 0 Å². The molecule has 3 heteroatoms. The fourth-order valence-corrected chi connectivity index (χ4v) is 1.63. The van der Waals surface area contributed by atoms with Crippen LogP contribution in [0.5, 0.6) is 5.75 Å². The zero-order valence-corrected chi connectivity index (χ0v) is 10.4. The molecule has 0 aromatic heterocycles. The van der Waals surface area contributed by atoms with Gasteiger partial charge in [-0.3, -0.25) is 0 Å². The van der Waals surface area contributed by atoms with Crippen molar-refractivity contribution in [2.45, 2.75) is 32.6 Å². The second-order valence-electron chi connectivity index (χ2n) is 4.68. The van der Waals surface area contributed by atoms with Crippen molar-refractivity contribution in [2.75, 3.05) is 0 Å². The fraction of sp³-hybridized carbons (Fsp3) is 0.357. The van der Waals surface area contributed by atoms with E-state index in [-0.39, 0.29) is 11.2 Å². The molecule has 0 amide bonds. The van der Waals surface area contributed by atoms with Crippen molar-refractivity contribution in [1.82, 2.24) is 0 Å². The number of aromatic hydroxyl groups is 1. The smallest absolute Gasteiger partial charge is 0.328 e. The highest BCUT2D eigenvalue weighted by molar-refractivity contribution is 5.85. The second kappa shape index (κ2) is 5.04. The molecule has 3 nitrogen and oxygen atoms in total. The average Bonchev–Trinajstić information content (AvgIpc) is 2.27. The Morgan fingerprint density at radius 2 is 2.06 bits per heavy atom.